The van der Waals surface area contributed by atoms with Gasteiger partial charge in [-0.2, -0.15) is 5.10 Å². The first-order valence-electron chi connectivity index (χ1n) is 5.68. The Labute approximate surface area is 107 Å². The summed E-state index contributed by atoms with van der Waals surface area (Å²) < 4.78 is 25.3. The quantitative estimate of drug-likeness (QED) is 0.878. The number of hydrogen-bond acceptors (Lipinski definition) is 4. The van der Waals surface area contributed by atoms with E-state index in [9.17, 15) is 13.2 Å². The van der Waals surface area contributed by atoms with Crippen molar-refractivity contribution in [3.8, 4) is 0 Å². The lowest BCUT2D eigenvalue weighted by Crippen LogP contribution is -2.20. The molecule has 1 aromatic heterocycles. The highest BCUT2D eigenvalue weighted by Gasteiger charge is 2.25. The van der Waals surface area contributed by atoms with E-state index in [1.807, 2.05) is 13.8 Å². The fourth-order valence-corrected chi connectivity index (χ4v) is 2.51. The Morgan fingerprint density at radius 1 is 1.39 bits per heavy atom. The molecule has 0 radical (unpaired) electrons. The van der Waals surface area contributed by atoms with E-state index >= 15 is 0 Å². The van der Waals surface area contributed by atoms with E-state index < -0.39 is 21.1 Å². The van der Waals surface area contributed by atoms with Crippen molar-refractivity contribution in [1.82, 2.24) is 9.78 Å². The van der Waals surface area contributed by atoms with Crippen molar-refractivity contribution in [3.05, 3.63) is 17.5 Å². The second kappa shape index (κ2) is 5.09. The SMILES string of the molecule is CC(C)n1ncc(C(=O)O)c1CS(=O)(=O)C(C)C. The van der Waals surface area contributed by atoms with Gasteiger partial charge in [-0.1, -0.05) is 0 Å². The summed E-state index contributed by atoms with van der Waals surface area (Å²) in [5, 5.41) is 12.5. The van der Waals surface area contributed by atoms with Crippen LogP contribution >= 0.6 is 0 Å². The standard InChI is InChI=1S/C11H18N2O4S/c1-7(2)13-10(6-18(16,17)8(3)4)9(5-12-13)11(14)15/h5,7-8H,6H2,1-4H3,(H,14,15). The van der Waals surface area contributed by atoms with Gasteiger partial charge in [0.2, 0.25) is 0 Å². The van der Waals surface area contributed by atoms with Crippen molar-refractivity contribution in [2.24, 2.45) is 0 Å². The van der Waals surface area contributed by atoms with E-state index in [2.05, 4.69) is 5.10 Å². The Bertz CT molecular complexity index is 543. The molecule has 0 amide bonds. The van der Waals surface area contributed by atoms with Gasteiger partial charge >= 0.3 is 5.97 Å². The highest BCUT2D eigenvalue weighted by molar-refractivity contribution is 7.91. The van der Waals surface area contributed by atoms with Gasteiger partial charge in [-0.25, -0.2) is 13.2 Å². The number of sulfone groups is 1. The highest BCUT2D eigenvalue weighted by Crippen LogP contribution is 2.19. The smallest absolute Gasteiger partial charge is 0.339 e. The molecular formula is C11H18N2O4S. The molecule has 0 aliphatic rings. The Hall–Kier alpha value is -1.37. The number of aromatic nitrogens is 2. The van der Waals surface area contributed by atoms with Crippen molar-refractivity contribution >= 4 is 15.8 Å². The summed E-state index contributed by atoms with van der Waals surface area (Å²) in [5.41, 5.74) is 0.194. The summed E-state index contributed by atoms with van der Waals surface area (Å²) in [6.45, 7) is 6.80. The van der Waals surface area contributed by atoms with Crippen molar-refractivity contribution in [2.45, 2.75) is 44.7 Å². The zero-order valence-electron chi connectivity index (χ0n) is 10.9. The first-order chi connectivity index (χ1) is 8.16. The normalized spacial score (nSPS) is 12.3. The third kappa shape index (κ3) is 2.90. The van der Waals surface area contributed by atoms with E-state index in [0.29, 0.717) is 0 Å². The maximum absolute atomic E-state index is 11.9. The van der Waals surface area contributed by atoms with E-state index in [1.54, 1.807) is 13.8 Å². The number of carboxylic acids is 1. The maximum atomic E-state index is 11.9. The summed E-state index contributed by atoms with van der Waals surface area (Å²) in [5.74, 6) is -1.46. The average molecular weight is 274 g/mol. The largest absolute Gasteiger partial charge is 0.478 e. The number of carbonyl (C=O) groups is 1. The van der Waals surface area contributed by atoms with Gasteiger partial charge in [-0.3, -0.25) is 4.68 Å². The minimum Gasteiger partial charge on any atom is -0.478 e. The molecule has 102 valence electrons. The summed E-state index contributed by atoms with van der Waals surface area (Å²) in [4.78, 5) is 11.1. The molecule has 0 saturated carbocycles. The van der Waals surface area contributed by atoms with Gasteiger partial charge in [-0.05, 0) is 27.7 Å². The molecule has 1 aromatic rings. The van der Waals surface area contributed by atoms with E-state index in [4.69, 9.17) is 5.11 Å². The second-order valence-electron chi connectivity index (χ2n) is 4.70. The highest BCUT2D eigenvalue weighted by atomic mass is 32.2. The van der Waals surface area contributed by atoms with Gasteiger partial charge in [0.15, 0.2) is 9.84 Å². The number of hydrogen-bond donors (Lipinski definition) is 1. The van der Waals surface area contributed by atoms with Crippen LogP contribution < -0.4 is 0 Å². The van der Waals surface area contributed by atoms with Crippen LogP contribution in [0.2, 0.25) is 0 Å². The zero-order valence-corrected chi connectivity index (χ0v) is 11.7. The second-order valence-corrected chi connectivity index (χ2v) is 7.26. The lowest BCUT2D eigenvalue weighted by molar-refractivity contribution is 0.0696. The number of carboxylic acid groups (broad SMARTS) is 1. The number of nitrogens with zero attached hydrogens (tertiary/aromatic N) is 2. The summed E-state index contributed by atoms with van der Waals surface area (Å²) in [6, 6.07) is -0.0875. The van der Waals surface area contributed by atoms with Crippen LogP contribution in [0.4, 0.5) is 0 Å². The summed E-state index contributed by atoms with van der Waals surface area (Å²) in [6.07, 6.45) is 1.20. The molecule has 0 bridgehead atoms. The Balaban J connectivity index is 3.29. The lowest BCUT2D eigenvalue weighted by Gasteiger charge is -2.13. The van der Waals surface area contributed by atoms with Crippen LogP contribution in [0.3, 0.4) is 0 Å². The van der Waals surface area contributed by atoms with Gasteiger partial charge in [0.1, 0.15) is 5.56 Å². The Kier molecular flexibility index (Phi) is 4.16. The topological polar surface area (TPSA) is 89.3 Å². The molecule has 0 spiro atoms. The van der Waals surface area contributed by atoms with Gasteiger partial charge in [0.25, 0.3) is 0 Å². The molecule has 0 saturated heterocycles. The first-order valence-corrected chi connectivity index (χ1v) is 7.39. The molecular weight excluding hydrogens is 256 g/mol. The predicted molar refractivity (Wildman–Crippen MR) is 67.3 cm³/mol. The molecule has 0 unspecified atom stereocenters. The molecule has 6 nitrogen and oxygen atoms in total. The van der Waals surface area contributed by atoms with Gasteiger partial charge < -0.3 is 5.11 Å². The molecule has 0 fully saturated rings. The van der Waals surface area contributed by atoms with Crippen LogP contribution in [0.5, 0.6) is 0 Å². The van der Waals surface area contributed by atoms with Gasteiger partial charge in [0, 0.05) is 6.04 Å². The van der Waals surface area contributed by atoms with Crippen LogP contribution in [0.25, 0.3) is 0 Å². The van der Waals surface area contributed by atoms with Crippen molar-refractivity contribution in [1.29, 1.82) is 0 Å². The minimum absolute atomic E-state index is 0.0482. The third-order valence-corrected chi connectivity index (χ3v) is 4.79. The first kappa shape index (κ1) is 14.7. The van der Waals surface area contributed by atoms with Crippen LogP contribution in [-0.2, 0) is 15.6 Å². The number of rotatable bonds is 5. The fourth-order valence-electron chi connectivity index (χ4n) is 1.51. The monoisotopic (exact) mass is 274 g/mol. The van der Waals surface area contributed by atoms with Gasteiger partial charge in [-0.15, -0.1) is 0 Å². The predicted octanol–water partition coefficient (Wildman–Crippen LogP) is 1.49. The van der Waals surface area contributed by atoms with E-state index in [0.717, 1.165) is 0 Å². The third-order valence-electron chi connectivity index (χ3n) is 2.67. The summed E-state index contributed by atoms with van der Waals surface area (Å²) >= 11 is 0. The molecule has 1 heterocycles. The Morgan fingerprint density at radius 3 is 2.33 bits per heavy atom. The lowest BCUT2D eigenvalue weighted by atomic mass is 10.2. The summed E-state index contributed by atoms with van der Waals surface area (Å²) in [7, 11) is -3.36. The van der Waals surface area contributed by atoms with Crippen LogP contribution in [0.15, 0.2) is 6.20 Å². The van der Waals surface area contributed by atoms with E-state index in [-0.39, 0.29) is 23.1 Å². The molecule has 18 heavy (non-hydrogen) atoms. The van der Waals surface area contributed by atoms with Crippen molar-refractivity contribution in [3.63, 3.8) is 0 Å². The van der Waals surface area contributed by atoms with Crippen molar-refractivity contribution < 1.29 is 18.3 Å². The Morgan fingerprint density at radius 2 is 1.94 bits per heavy atom. The zero-order chi connectivity index (χ0) is 14.1. The van der Waals surface area contributed by atoms with E-state index in [1.165, 1.54) is 10.9 Å². The molecule has 0 aliphatic carbocycles. The van der Waals surface area contributed by atoms with Crippen LogP contribution in [-0.4, -0.2) is 34.5 Å². The fraction of sp³-hybridized carbons (Fsp3) is 0.636. The molecule has 0 aliphatic heterocycles. The van der Waals surface area contributed by atoms with Crippen LogP contribution in [0.1, 0.15) is 49.8 Å². The van der Waals surface area contributed by atoms with Crippen LogP contribution in [0, 0.1) is 0 Å². The molecule has 1 rings (SSSR count). The molecule has 0 aromatic carbocycles. The van der Waals surface area contributed by atoms with Crippen molar-refractivity contribution in [2.75, 3.05) is 0 Å². The average Bonchev–Trinajstić information content (AvgIpc) is 2.60. The molecule has 7 heteroatoms. The van der Waals surface area contributed by atoms with Gasteiger partial charge in [0.05, 0.1) is 22.9 Å². The minimum atomic E-state index is -3.36. The molecule has 1 N–H and O–H groups in total. The maximum Gasteiger partial charge on any atom is 0.339 e. The number of aromatic carboxylic acids is 1. The molecule has 0 atom stereocenters.